The molecule has 0 aliphatic rings. The van der Waals surface area contributed by atoms with E-state index in [2.05, 4.69) is 10.3 Å². The van der Waals surface area contributed by atoms with Crippen LogP contribution in [0.2, 0.25) is 0 Å². The Kier molecular flexibility index (Phi) is 6.80. The Hall–Kier alpha value is -4.39. The second-order valence-electron chi connectivity index (χ2n) is 7.35. The number of aromatic nitrogens is 2. The van der Waals surface area contributed by atoms with E-state index in [9.17, 15) is 9.59 Å². The van der Waals surface area contributed by atoms with Crippen molar-refractivity contribution in [2.45, 2.75) is 6.61 Å². The lowest BCUT2D eigenvalue weighted by molar-refractivity contribution is -0.118. The third kappa shape index (κ3) is 5.86. The fraction of sp³-hybridized carbons (Fsp3) is 0.115. The molecule has 0 aliphatic carbocycles. The Labute approximate surface area is 191 Å². The zero-order chi connectivity index (χ0) is 23.0. The van der Waals surface area contributed by atoms with E-state index in [-0.39, 0.29) is 18.3 Å². The van der Waals surface area contributed by atoms with Gasteiger partial charge in [0.25, 0.3) is 5.91 Å². The molecule has 0 aliphatic heterocycles. The largest absolute Gasteiger partial charge is 0.489 e. The van der Waals surface area contributed by atoms with Crippen molar-refractivity contribution in [2.24, 2.45) is 7.05 Å². The third-order valence-corrected chi connectivity index (χ3v) is 4.90. The molecule has 0 unspecified atom stereocenters. The van der Waals surface area contributed by atoms with Gasteiger partial charge >= 0.3 is 0 Å². The Morgan fingerprint density at radius 2 is 1.55 bits per heavy atom. The lowest BCUT2D eigenvalue weighted by Gasteiger charge is -2.10. The average molecular weight is 441 g/mol. The van der Waals surface area contributed by atoms with Gasteiger partial charge in [0, 0.05) is 30.7 Å². The predicted octanol–water partition coefficient (Wildman–Crippen LogP) is 4.25. The molecule has 7 nitrogen and oxygen atoms in total. The van der Waals surface area contributed by atoms with Gasteiger partial charge in [-0.1, -0.05) is 30.3 Å². The Bertz CT molecular complexity index is 1220. The van der Waals surface area contributed by atoms with Crippen molar-refractivity contribution in [3.63, 3.8) is 0 Å². The number of nitrogens with one attached hydrogen (secondary N) is 1. The normalized spacial score (nSPS) is 10.5. The van der Waals surface area contributed by atoms with E-state index < -0.39 is 0 Å². The van der Waals surface area contributed by atoms with Crippen molar-refractivity contribution in [3.05, 3.63) is 108 Å². The van der Waals surface area contributed by atoms with Crippen LogP contribution in [0.5, 0.6) is 11.5 Å². The number of rotatable bonds is 9. The molecule has 0 spiro atoms. The van der Waals surface area contributed by atoms with Crippen molar-refractivity contribution in [1.82, 2.24) is 9.55 Å². The molecule has 7 heteroatoms. The molecule has 0 radical (unpaired) electrons. The van der Waals surface area contributed by atoms with Gasteiger partial charge in [-0.15, -0.1) is 0 Å². The first-order valence-electron chi connectivity index (χ1n) is 10.4. The van der Waals surface area contributed by atoms with Gasteiger partial charge in [0.2, 0.25) is 5.78 Å². The molecule has 0 fully saturated rings. The molecule has 0 saturated heterocycles. The summed E-state index contributed by atoms with van der Waals surface area (Å²) in [6.45, 7) is 0.341. The van der Waals surface area contributed by atoms with Crippen molar-refractivity contribution < 1.29 is 19.1 Å². The predicted molar refractivity (Wildman–Crippen MR) is 124 cm³/mol. The van der Waals surface area contributed by atoms with Gasteiger partial charge in [0.05, 0.1) is 0 Å². The standard InChI is InChI=1S/C26H23N3O4/c1-29-16-15-27-26(29)25(31)20-7-9-21(10-8-20)28-24(30)18-33-23-13-11-22(12-14-23)32-17-19-5-3-2-4-6-19/h2-16H,17-18H2,1H3,(H,28,30). The van der Waals surface area contributed by atoms with Crippen LogP contribution in [0, 0.1) is 0 Å². The minimum absolute atomic E-state index is 0.141. The maximum Gasteiger partial charge on any atom is 0.262 e. The smallest absolute Gasteiger partial charge is 0.262 e. The van der Waals surface area contributed by atoms with E-state index in [1.54, 1.807) is 72.5 Å². The SMILES string of the molecule is Cn1ccnc1C(=O)c1ccc(NC(=O)COc2ccc(OCc3ccccc3)cc2)cc1. The van der Waals surface area contributed by atoms with E-state index in [1.807, 2.05) is 30.3 Å². The Morgan fingerprint density at radius 1 is 0.879 bits per heavy atom. The molecule has 1 heterocycles. The molecule has 0 bridgehead atoms. The molecule has 1 N–H and O–H groups in total. The molecule has 3 aromatic carbocycles. The molecule has 1 amide bonds. The maximum atomic E-state index is 12.5. The fourth-order valence-electron chi connectivity index (χ4n) is 3.14. The molecule has 4 rings (SSSR count). The summed E-state index contributed by atoms with van der Waals surface area (Å²) in [5, 5.41) is 2.75. The van der Waals surface area contributed by atoms with Gasteiger partial charge in [-0.3, -0.25) is 9.59 Å². The number of imidazole rings is 1. The van der Waals surface area contributed by atoms with Gasteiger partial charge in [-0.05, 0) is 54.1 Å². The first-order valence-corrected chi connectivity index (χ1v) is 10.4. The van der Waals surface area contributed by atoms with Gasteiger partial charge in [-0.2, -0.15) is 0 Å². The fourth-order valence-corrected chi connectivity index (χ4v) is 3.14. The molecule has 166 valence electrons. The highest BCUT2D eigenvalue weighted by Crippen LogP contribution is 2.19. The van der Waals surface area contributed by atoms with Crippen LogP contribution in [0.4, 0.5) is 5.69 Å². The number of ketones is 1. The molecule has 1 aromatic heterocycles. The highest BCUT2D eigenvalue weighted by molar-refractivity contribution is 6.07. The molecule has 0 atom stereocenters. The maximum absolute atomic E-state index is 12.5. The van der Waals surface area contributed by atoms with E-state index in [0.29, 0.717) is 29.4 Å². The summed E-state index contributed by atoms with van der Waals surface area (Å²) >= 11 is 0. The van der Waals surface area contributed by atoms with Crippen LogP contribution in [-0.2, 0) is 18.4 Å². The van der Waals surface area contributed by atoms with Crippen molar-refractivity contribution in [2.75, 3.05) is 11.9 Å². The van der Waals surface area contributed by atoms with Crippen molar-refractivity contribution >= 4 is 17.4 Å². The summed E-state index contributed by atoms with van der Waals surface area (Å²) in [6.07, 6.45) is 3.29. The van der Waals surface area contributed by atoms with Crippen LogP contribution in [0.1, 0.15) is 21.7 Å². The average Bonchev–Trinajstić information content (AvgIpc) is 3.28. The van der Waals surface area contributed by atoms with Crippen LogP contribution in [0.25, 0.3) is 0 Å². The summed E-state index contributed by atoms with van der Waals surface area (Å²) < 4.78 is 13.0. The number of hydrogen-bond donors (Lipinski definition) is 1. The van der Waals surface area contributed by atoms with Crippen LogP contribution in [0.3, 0.4) is 0 Å². The Morgan fingerprint density at radius 3 is 2.18 bits per heavy atom. The molecule has 4 aromatic rings. The number of carbonyl (C=O) groups is 2. The molecular formula is C26H23N3O4. The lowest BCUT2D eigenvalue weighted by atomic mass is 10.1. The summed E-state index contributed by atoms with van der Waals surface area (Å²) in [4.78, 5) is 28.7. The highest BCUT2D eigenvalue weighted by Gasteiger charge is 2.13. The number of nitrogens with zero attached hydrogens (tertiary/aromatic N) is 2. The van der Waals surface area contributed by atoms with Crippen LogP contribution in [-0.4, -0.2) is 27.8 Å². The number of ether oxygens (including phenoxy) is 2. The minimum atomic E-state index is -0.303. The summed E-state index contributed by atoms with van der Waals surface area (Å²) in [5.74, 6) is 1.16. The lowest BCUT2D eigenvalue weighted by Crippen LogP contribution is -2.20. The zero-order valence-electron chi connectivity index (χ0n) is 18.1. The third-order valence-electron chi connectivity index (χ3n) is 4.90. The van der Waals surface area contributed by atoms with E-state index >= 15 is 0 Å². The highest BCUT2D eigenvalue weighted by atomic mass is 16.5. The second-order valence-corrected chi connectivity index (χ2v) is 7.35. The summed E-state index contributed by atoms with van der Waals surface area (Å²) in [6, 6.07) is 23.7. The molecule has 33 heavy (non-hydrogen) atoms. The minimum Gasteiger partial charge on any atom is -0.489 e. The number of carbonyl (C=O) groups excluding carboxylic acids is 2. The van der Waals surface area contributed by atoms with E-state index in [1.165, 1.54) is 0 Å². The zero-order valence-corrected chi connectivity index (χ0v) is 18.1. The topological polar surface area (TPSA) is 82.5 Å². The van der Waals surface area contributed by atoms with Crippen LogP contribution >= 0.6 is 0 Å². The quantitative estimate of drug-likeness (QED) is 0.393. The first-order chi connectivity index (χ1) is 16.1. The summed E-state index contributed by atoms with van der Waals surface area (Å²) in [5.41, 5.74) is 2.15. The van der Waals surface area contributed by atoms with Crippen LogP contribution in [0.15, 0.2) is 91.3 Å². The monoisotopic (exact) mass is 441 g/mol. The van der Waals surface area contributed by atoms with Gasteiger partial charge in [-0.25, -0.2) is 4.98 Å². The van der Waals surface area contributed by atoms with Gasteiger partial charge < -0.3 is 19.4 Å². The number of anilines is 1. The summed E-state index contributed by atoms with van der Waals surface area (Å²) in [7, 11) is 1.76. The van der Waals surface area contributed by atoms with Gasteiger partial charge in [0.15, 0.2) is 12.4 Å². The number of amides is 1. The van der Waals surface area contributed by atoms with Crippen molar-refractivity contribution in [3.8, 4) is 11.5 Å². The Balaban J connectivity index is 1.24. The number of benzene rings is 3. The van der Waals surface area contributed by atoms with Crippen molar-refractivity contribution in [1.29, 1.82) is 0 Å². The van der Waals surface area contributed by atoms with Crippen LogP contribution < -0.4 is 14.8 Å². The van der Waals surface area contributed by atoms with E-state index in [0.717, 1.165) is 11.3 Å². The van der Waals surface area contributed by atoms with Gasteiger partial charge in [0.1, 0.15) is 18.1 Å². The second kappa shape index (κ2) is 10.3. The molecule has 0 saturated carbocycles. The van der Waals surface area contributed by atoms with E-state index in [4.69, 9.17) is 9.47 Å². The first kappa shape index (κ1) is 21.8. The molecular weight excluding hydrogens is 418 g/mol. The number of aryl methyl sites for hydroxylation is 1. The number of hydrogen-bond acceptors (Lipinski definition) is 5.